The number of hydrogen-bond donors (Lipinski definition) is 1. The van der Waals surface area contributed by atoms with Crippen LogP contribution >= 0.6 is 0 Å². The van der Waals surface area contributed by atoms with E-state index in [1.807, 2.05) is 4.90 Å². The molecular weight excluding hydrogens is 685 g/mol. The first-order chi connectivity index (χ1) is 27.0. The molecule has 1 fully saturated rings. The Balaban J connectivity index is 2.26. The molecule has 0 bridgehead atoms. The quantitative estimate of drug-likeness (QED) is 0.0379. The molecule has 0 saturated carbocycles. The highest BCUT2D eigenvalue weighted by atomic mass is 16.5. The second kappa shape index (κ2) is 38.7. The third-order valence-electron chi connectivity index (χ3n) is 11.2. The molecule has 0 aromatic carbocycles. The summed E-state index contributed by atoms with van der Waals surface area (Å²) in [4.78, 5) is 40.1. The van der Waals surface area contributed by atoms with Crippen LogP contribution in [0.5, 0.6) is 0 Å². The first-order valence-corrected chi connectivity index (χ1v) is 23.6. The summed E-state index contributed by atoms with van der Waals surface area (Å²) < 4.78 is 11.5. The second-order valence-electron chi connectivity index (χ2n) is 16.5. The molecule has 2 atom stereocenters. The van der Waals surface area contributed by atoms with Gasteiger partial charge in [0.25, 0.3) is 0 Å². The topological polar surface area (TPSA) is 98.9 Å². The number of unbranched alkanes of at least 4 members (excludes halogenated alkanes) is 24. The Morgan fingerprint density at radius 2 is 0.800 bits per heavy atom. The SMILES string of the molecule is CCCCCCCC/C=C\CCCCCCCC(=O)OC[C@@H]1CN(C(=O)CCCCCN)C[C@H]1COC(=O)CCCCCCC/C=C\CCCCCCCC. The fraction of sp³-hybridized carbons (Fsp3) is 0.854. The van der Waals surface area contributed by atoms with Crippen molar-refractivity contribution in [2.24, 2.45) is 17.6 Å². The molecule has 0 aliphatic carbocycles. The Morgan fingerprint density at radius 1 is 0.473 bits per heavy atom. The van der Waals surface area contributed by atoms with Gasteiger partial charge >= 0.3 is 11.9 Å². The van der Waals surface area contributed by atoms with Gasteiger partial charge in [0.2, 0.25) is 5.91 Å². The Kier molecular flexibility index (Phi) is 35.8. The van der Waals surface area contributed by atoms with Gasteiger partial charge in [-0.2, -0.15) is 0 Å². The van der Waals surface area contributed by atoms with Crippen molar-refractivity contribution in [2.75, 3.05) is 32.8 Å². The van der Waals surface area contributed by atoms with E-state index in [4.69, 9.17) is 15.2 Å². The van der Waals surface area contributed by atoms with Crippen molar-refractivity contribution in [3.63, 3.8) is 0 Å². The maximum absolute atomic E-state index is 13.0. The van der Waals surface area contributed by atoms with Crippen LogP contribution in [0, 0.1) is 11.8 Å². The number of carbonyl (C=O) groups is 3. The molecule has 1 saturated heterocycles. The van der Waals surface area contributed by atoms with E-state index in [9.17, 15) is 14.4 Å². The van der Waals surface area contributed by atoms with Crippen molar-refractivity contribution in [3.8, 4) is 0 Å². The van der Waals surface area contributed by atoms with Crippen LogP contribution in [0.2, 0.25) is 0 Å². The highest BCUT2D eigenvalue weighted by Gasteiger charge is 2.36. The van der Waals surface area contributed by atoms with Crippen LogP contribution in [-0.4, -0.2) is 55.6 Å². The van der Waals surface area contributed by atoms with Crippen molar-refractivity contribution >= 4 is 17.8 Å². The Labute approximate surface area is 339 Å². The van der Waals surface area contributed by atoms with E-state index in [2.05, 4.69) is 38.2 Å². The fourth-order valence-corrected chi connectivity index (χ4v) is 7.50. The van der Waals surface area contributed by atoms with Crippen molar-refractivity contribution in [3.05, 3.63) is 24.3 Å². The van der Waals surface area contributed by atoms with Gasteiger partial charge in [0.1, 0.15) is 0 Å². The predicted molar refractivity (Wildman–Crippen MR) is 232 cm³/mol. The lowest BCUT2D eigenvalue weighted by Crippen LogP contribution is -2.29. The molecular formula is C48H88N2O5. The van der Waals surface area contributed by atoms with Crippen LogP contribution in [0.3, 0.4) is 0 Å². The van der Waals surface area contributed by atoms with Gasteiger partial charge in [0.15, 0.2) is 0 Å². The molecule has 0 aromatic rings. The molecule has 1 aliphatic heterocycles. The third-order valence-corrected chi connectivity index (χ3v) is 11.2. The molecule has 0 unspecified atom stereocenters. The van der Waals surface area contributed by atoms with Crippen LogP contribution < -0.4 is 5.73 Å². The van der Waals surface area contributed by atoms with Gasteiger partial charge in [-0.3, -0.25) is 14.4 Å². The van der Waals surface area contributed by atoms with Crippen LogP contribution in [0.15, 0.2) is 24.3 Å². The number of nitrogens with zero attached hydrogens (tertiary/aromatic N) is 1. The molecule has 1 amide bonds. The van der Waals surface area contributed by atoms with Gasteiger partial charge in [-0.05, 0) is 83.6 Å². The number of amides is 1. The van der Waals surface area contributed by atoms with E-state index in [0.717, 1.165) is 70.6 Å². The van der Waals surface area contributed by atoms with Gasteiger partial charge < -0.3 is 20.1 Å². The Hall–Kier alpha value is -2.15. The largest absolute Gasteiger partial charge is 0.465 e. The lowest BCUT2D eigenvalue weighted by molar-refractivity contribution is -0.149. The van der Waals surface area contributed by atoms with Crippen molar-refractivity contribution < 1.29 is 23.9 Å². The van der Waals surface area contributed by atoms with E-state index in [0.29, 0.717) is 38.9 Å². The molecule has 0 radical (unpaired) electrons. The van der Waals surface area contributed by atoms with Crippen LogP contribution in [-0.2, 0) is 23.9 Å². The summed E-state index contributed by atoms with van der Waals surface area (Å²) in [5.74, 6) is -0.227. The van der Waals surface area contributed by atoms with Gasteiger partial charge in [-0.25, -0.2) is 0 Å². The molecule has 1 rings (SSSR count). The lowest BCUT2D eigenvalue weighted by Gasteiger charge is -2.18. The number of rotatable bonds is 39. The second-order valence-corrected chi connectivity index (χ2v) is 16.5. The van der Waals surface area contributed by atoms with E-state index in [1.165, 1.54) is 116 Å². The van der Waals surface area contributed by atoms with Crippen LogP contribution in [0.25, 0.3) is 0 Å². The van der Waals surface area contributed by atoms with Gasteiger partial charge in [-0.1, -0.05) is 147 Å². The first-order valence-electron chi connectivity index (χ1n) is 23.6. The van der Waals surface area contributed by atoms with E-state index in [1.54, 1.807) is 0 Å². The molecule has 7 nitrogen and oxygen atoms in total. The Bertz CT molecular complexity index is 902. The number of allylic oxidation sites excluding steroid dienone is 4. The molecule has 320 valence electrons. The third kappa shape index (κ3) is 31.6. The van der Waals surface area contributed by atoms with Crippen molar-refractivity contribution in [1.82, 2.24) is 4.90 Å². The summed E-state index contributed by atoms with van der Waals surface area (Å²) in [5, 5.41) is 0. The minimum absolute atomic E-state index is 0.0151. The zero-order chi connectivity index (χ0) is 39.9. The monoisotopic (exact) mass is 773 g/mol. The molecule has 1 heterocycles. The fourth-order valence-electron chi connectivity index (χ4n) is 7.50. The maximum Gasteiger partial charge on any atom is 0.305 e. The molecule has 1 aliphatic rings. The average molecular weight is 773 g/mol. The zero-order valence-corrected chi connectivity index (χ0v) is 36.2. The number of esters is 2. The summed E-state index contributed by atoms with van der Waals surface area (Å²) in [7, 11) is 0. The molecule has 7 heteroatoms. The molecule has 0 aromatic heterocycles. The first kappa shape index (κ1) is 50.9. The van der Waals surface area contributed by atoms with Crippen molar-refractivity contribution in [2.45, 2.75) is 219 Å². The van der Waals surface area contributed by atoms with Crippen molar-refractivity contribution in [1.29, 1.82) is 0 Å². The summed E-state index contributed by atoms with van der Waals surface area (Å²) in [6, 6.07) is 0. The summed E-state index contributed by atoms with van der Waals surface area (Å²) in [6.07, 6.45) is 45.3. The normalized spacial score (nSPS) is 15.8. The minimum Gasteiger partial charge on any atom is -0.465 e. The van der Waals surface area contributed by atoms with Gasteiger partial charge in [0, 0.05) is 44.2 Å². The highest BCUT2D eigenvalue weighted by molar-refractivity contribution is 5.76. The number of ether oxygens (including phenoxy) is 2. The van der Waals surface area contributed by atoms with Crippen LogP contribution in [0.1, 0.15) is 219 Å². The smallest absolute Gasteiger partial charge is 0.305 e. The number of hydrogen-bond acceptors (Lipinski definition) is 6. The predicted octanol–water partition coefficient (Wildman–Crippen LogP) is 12.7. The lowest BCUT2D eigenvalue weighted by atomic mass is 9.98. The summed E-state index contributed by atoms with van der Waals surface area (Å²) >= 11 is 0. The molecule has 55 heavy (non-hydrogen) atoms. The molecule has 2 N–H and O–H groups in total. The average Bonchev–Trinajstić information content (AvgIpc) is 3.61. The Morgan fingerprint density at radius 3 is 1.18 bits per heavy atom. The van der Waals surface area contributed by atoms with E-state index in [-0.39, 0.29) is 42.9 Å². The number of likely N-dealkylation sites (tertiary alicyclic amines) is 1. The van der Waals surface area contributed by atoms with Gasteiger partial charge in [0.05, 0.1) is 13.2 Å². The summed E-state index contributed by atoms with van der Waals surface area (Å²) in [6.45, 7) is 6.82. The zero-order valence-electron chi connectivity index (χ0n) is 36.2. The molecule has 0 spiro atoms. The van der Waals surface area contributed by atoms with E-state index < -0.39 is 0 Å². The van der Waals surface area contributed by atoms with Crippen LogP contribution in [0.4, 0.5) is 0 Å². The maximum atomic E-state index is 13.0. The standard InChI is InChI=1S/C48H88N2O5/c1-3-5-7-9-11-13-15-17-19-21-23-25-27-29-33-37-47(52)54-42-44-40-50(46(51)36-32-31-35-39-49)41-45(44)43-55-48(53)38-34-30-28-26-24-22-20-18-16-14-12-10-8-6-4-2/h17-20,44-45H,3-16,21-43,49H2,1-2H3/b19-17-,20-18-/t44-,45-/m0/s1. The minimum atomic E-state index is -0.163. The summed E-state index contributed by atoms with van der Waals surface area (Å²) in [5.41, 5.74) is 5.62. The van der Waals surface area contributed by atoms with E-state index >= 15 is 0 Å². The number of carbonyl (C=O) groups excluding carboxylic acids is 3. The number of nitrogens with two attached hydrogens (primary N) is 1. The van der Waals surface area contributed by atoms with Gasteiger partial charge in [-0.15, -0.1) is 0 Å². The highest BCUT2D eigenvalue weighted by Crippen LogP contribution is 2.26.